The first-order valence-corrected chi connectivity index (χ1v) is 9.39. The average Bonchev–Trinajstić information content (AvgIpc) is 3.58. The van der Waals surface area contributed by atoms with Gasteiger partial charge in [-0.3, -0.25) is 9.59 Å². The molecule has 0 bridgehead atoms. The summed E-state index contributed by atoms with van der Waals surface area (Å²) in [5.74, 6) is -0.0734. The number of amides is 1. The standard InChI is InChI=1S/C23H22N2O4/c1-15(17-6-4-3-5-7-17)25-22(26)19(14-24)12-16-8-11-20(21(13-16)28-2)29-23(27)18-9-10-18/h3-8,11-13,15,18H,9-10H2,1-2H3,(H,25,26)/b19-12+/t15-/m0/s1. The van der Waals surface area contributed by atoms with Crippen molar-refractivity contribution < 1.29 is 19.1 Å². The molecule has 1 N–H and O–H groups in total. The van der Waals surface area contributed by atoms with E-state index in [0.29, 0.717) is 17.1 Å². The number of carbonyl (C=O) groups excluding carboxylic acids is 2. The Morgan fingerprint density at radius 3 is 2.52 bits per heavy atom. The van der Waals surface area contributed by atoms with Gasteiger partial charge in [-0.05, 0) is 49.1 Å². The lowest BCUT2D eigenvalue weighted by atomic mass is 10.1. The van der Waals surface area contributed by atoms with E-state index in [9.17, 15) is 14.9 Å². The maximum absolute atomic E-state index is 12.5. The van der Waals surface area contributed by atoms with Crippen molar-refractivity contribution in [2.45, 2.75) is 25.8 Å². The first kappa shape index (κ1) is 20.2. The smallest absolute Gasteiger partial charge is 0.314 e. The molecule has 6 nitrogen and oxygen atoms in total. The van der Waals surface area contributed by atoms with Crippen molar-refractivity contribution in [1.29, 1.82) is 5.26 Å². The van der Waals surface area contributed by atoms with Crippen molar-refractivity contribution in [3.8, 4) is 17.6 Å². The minimum Gasteiger partial charge on any atom is -0.493 e. The van der Waals surface area contributed by atoms with Crippen molar-refractivity contribution in [3.05, 3.63) is 65.2 Å². The largest absolute Gasteiger partial charge is 0.493 e. The van der Waals surface area contributed by atoms with Crippen LogP contribution in [0, 0.1) is 17.2 Å². The van der Waals surface area contributed by atoms with Crippen molar-refractivity contribution in [1.82, 2.24) is 5.32 Å². The molecule has 2 aromatic carbocycles. The first-order chi connectivity index (χ1) is 14.0. The molecule has 29 heavy (non-hydrogen) atoms. The van der Waals surface area contributed by atoms with Crippen LogP contribution in [0.15, 0.2) is 54.1 Å². The highest BCUT2D eigenvalue weighted by molar-refractivity contribution is 6.01. The summed E-state index contributed by atoms with van der Waals surface area (Å²) < 4.78 is 10.7. The fraction of sp³-hybridized carbons (Fsp3) is 0.261. The van der Waals surface area contributed by atoms with Gasteiger partial charge in [-0.15, -0.1) is 0 Å². The van der Waals surface area contributed by atoms with Crippen molar-refractivity contribution in [2.75, 3.05) is 7.11 Å². The van der Waals surface area contributed by atoms with Crippen molar-refractivity contribution in [3.63, 3.8) is 0 Å². The molecule has 0 unspecified atom stereocenters. The predicted molar refractivity (Wildman–Crippen MR) is 108 cm³/mol. The van der Waals surface area contributed by atoms with E-state index < -0.39 is 5.91 Å². The molecule has 1 aliphatic rings. The van der Waals surface area contributed by atoms with Gasteiger partial charge in [0.15, 0.2) is 11.5 Å². The normalized spacial score (nSPS) is 14.4. The number of benzene rings is 2. The Bertz CT molecular complexity index is 972. The van der Waals surface area contributed by atoms with Gasteiger partial charge < -0.3 is 14.8 Å². The van der Waals surface area contributed by atoms with Gasteiger partial charge in [-0.2, -0.15) is 5.26 Å². The molecule has 1 amide bonds. The van der Waals surface area contributed by atoms with Crippen LogP contribution in [0.1, 0.15) is 36.9 Å². The van der Waals surface area contributed by atoms with Gasteiger partial charge in [0.25, 0.3) is 5.91 Å². The fourth-order valence-electron chi connectivity index (χ4n) is 2.78. The van der Waals surface area contributed by atoms with Crippen LogP contribution in [0.3, 0.4) is 0 Å². The highest BCUT2D eigenvalue weighted by Crippen LogP contribution is 2.34. The molecule has 2 aromatic rings. The van der Waals surface area contributed by atoms with Gasteiger partial charge in [0.1, 0.15) is 11.6 Å². The summed E-state index contributed by atoms with van der Waals surface area (Å²) in [6.07, 6.45) is 3.18. The van der Waals surface area contributed by atoms with Crippen LogP contribution in [0.4, 0.5) is 0 Å². The molecule has 0 aromatic heterocycles. The molecule has 148 valence electrons. The average molecular weight is 390 g/mol. The van der Waals surface area contributed by atoms with Gasteiger partial charge in [0.2, 0.25) is 0 Å². The molecule has 0 saturated heterocycles. The summed E-state index contributed by atoms with van der Waals surface area (Å²) in [7, 11) is 1.47. The summed E-state index contributed by atoms with van der Waals surface area (Å²) in [4.78, 5) is 24.4. The number of carbonyl (C=O) groups is 2. The Morgan fingerprint density at radius 1 is 1.17 bits per heavy atom. The lowest BCUT2D eigenvalue weighted by Gasteiger charge is -2.14. The van der Waals surface area contributed by atoms with Crippen LogP contribution < -0.4 is 14.8 Å². The maximum Gasteiger partial charge on any atom is 0.314 e. The molecule has 0 radical (unpaired) electrons. The van der Waals surface area contributed by atoms with Gasteiger partial charge >= 0.3 is 5.97 Å². The quantitative estimate of drug-likeness (QED) is 0.336. The Morgan fingerprint density at radius 2 is 1.90 bits per heavy atom. The van der Waals surface area contributed by atoms with E-state index in [0.717, 1.165) is 18.4 Å². The summed E-state index contributed by atoms with van der Waals surface area (Å²) in [5, 5.41) is 12.3. The molecule has 1 atom stereocenters. The molecule has 0 aliphatic heterocycles. The fourth-order valence-corrected chi connectivity index (χ4v) is 2.78. The number of nitrogens with one attached hydrogen (secondary N) is 1. The third kappa shape index (κ3) is 5.23. The molecule has 1 saturated carbocycles. The minimum atomic E-state index is -0.466. The lowest BCUT2D eigenvalue weighted by molar-refractivity contribution is -0.135. The number of rotatable bonds is 7. The van der Waals surface area contributed by atoms with Crippen LogP contribution in [-0.2, 0) is 9.59 Å². The van der Waals surface area contributed by atoms with Crippen LogP contribution in [0.5, 0.6) is 11.5 Å². The Balaban J connectivity index is 1.74. The van der Waals surface area contributed by atoms with E-state index in [1.165, 1.54) is 13.2 Å². The SMILES string of the molecule is COc1cc(/C=C(\C#N)C(=O)N[C@@H](C)c2ccccc2)ccc1OC(=O)C1CC1. The topological polar surface area (TPSA) is 88.4 Å². The molecule has 6 heteroatoms. The van der Waals surface area contributed by atoms with Crippen LogP contribution in [-0.4, -0.2) is 19.0 Å². The Kier molecular flexibility index (Phi) is 6.30. The van der Waals surface area contributed by atoms with Gasteiger partial charge in [0, 0.05) is 0 Å². The monoisotopic (exact) mass is 390 g/mol. The molecule has 3 rings (SSSR count). The lowest BCUT2D eigenvalue weighted by Crippen LogP contribution is -2.27. The van der Waals surface area contributed by atoms with Gasteiger partial charge in [-0.1, -0.05) is 36.4 Å². The van der Waals surface area contributed by atoms with E-state index in [1.807, 2.05) is 43.3 Å². The van der Waals surface area contributed by atoms with E-state index in [2.05, 4.69) is 5.32 Å². The van der Waals surface area contributed by atoms with Crippen LogP contribution in [0.25, 0.3) is 6.08 Å². The second-order valence-electron chi connectivity index (χ2n) is 6.88. The highest BCUT2D eigenvalue weighted by Gasteiger charge is 2.32. The number of nitriles is 1. The second kappa shape index (κ2) is 9.07. The summed E-state index contributed by atoms with van der Waals surface area (Å²) >= 11 is 0. The van der Waals surface area contributed by atoms with Crippen LogP contribution in [0.2, 0.25) is 0 Å². The molecular weight excluding hydrogens is 368 g/mol. The molecule has 1 aliphatic carbocycles. The zero-order valence-electron chi connectivity index (χ0n) is 16.3. The molecular formula is C23H22N2O4. The Hall–Kier alpha value is -3.59. The number of esters is 1. The summed E-state index contributed by atoms with van der Waals surface area (Å²) in [5.41, 5.74) is 1.51. The Labute approximate surface area is 169 Å². The third-order valence-electron chi connectivity index (χ3n) is 4.63. The van der Waals surface area contributed by atoms with Gasteiger partial charge in [-0.25, -0.2) is 0 Å². The van der Waals surface area contributed by atoms with Gasteiger partial charge in [0.05, 0.1) is 19.1 Å². The van der Waals surface area contributed by atoms with E-state index >= 15 is 0 Å². The van der Waals surface area contributed by atoms with E-state index in [4.69, 9.17) is 9.47 Å². The summed E-state index contributed by atoms with van der Waals surface area (Å²) in [6, 6.07) is 16.1. The zero-order chi connectivity index (χ0) is 20.8. The zero-order valence-corrected chi connectivity index (χ0v) is 16.3. The minimum absolute atomic E-state index is 0.0280. The maximum atomic E-state index is 12.5. The number of hydrogen-bond donors (Lipinski definition) is 1. The van der Waals surface area contributed by atoms with Crippen LogP contribution >= 0.6 is 0 Å². The van der Waals surface area contributed by atoms with E-state index in [1.54, 1.807) is 18.2 Å². The number of methoxy groups -OCH3 is 1. The third-order valence-corrected chi connectivity index (χ3v) is 4.63. The first-order valence-electron chi connectivity index (χ1n) is 9.39. The predicted octanol–water partition coefficient (Wildman–Crippen LogP) is 3.79. The summed E-state index contributed by atoms with van der Waals surface area (Å²) in [6.45, 7) is 1.86. The van der Waals surface area contributed by atoms with Crippen molar-refractivity contribution in [2.24, 2.45) is 5.92 Å². The van der Waals surface area contributed by atoms with Crippen molar-refractivity contribution >= 4 is 18.0 Å². The number of hydrogen-bond acceptors (Lipinski definition) is 5. The number of nitrogens with zero attached hydrogens (tertiary/aromatic N) is 1. The molecule has 0 heterocycles. The number of ether oxygens (including phenoxy) is 2. The molecule has 1 fully saturated rings. The highest BCUT2D eigenvalue weighted by atomic mass is 16.6. The molecule has 0 spiro atoms. The second-order valence-corrected chi connectivity index (χ2v) is 6.88. The van der Waals surface area contributed by atoms with E-state index in [-0.39, 0.29) is 23.5 Å².